The molecular weight excluding hydrogens is 927 g/mol. The molecule has 3 aromatic carbocycles. The van der Waals surface area contributed by atoms with E-state index in [2.05, 4.69) is 86.4 Å². The van der Waals surface area contributed by atoms with Crippen LogP contribution in [-0.2, 0) is 34.4 Å². The van der Waals surface area contributed by atoms with Gasteiger partial charge in [0.1, 0.15) is 23.6 Å². The van der Waals surface area contributed by atoms with Gasteiger partial charge in [-0.3, -0.25) is 4.79 Å². The summed E-state index contributed by atoms with van der Waals surface area (Å²) < 4.78 is 50.4. The van der Waals surface area contributed by atoms with E-state index in [0.29, 0.717) is 22.4 Å². The zero-order chi connectivity index (χ0) is 51.3. The van der Waals surface area contributed by atoms with Crippen LogP contribution >= 0.6 is 0 Å². The Hall–Kier alpha value is -4.29. The fourth-order valence-electron chi connectivity index (χ4n) is 10.4. The Bertz CT molecular complexity index is 2290. The van der Waals surface area contributed by atoms with Crippen LogP contribution in [0.2, 0.25) is 54.4 Å². The number of terminal acetylenes is 2. The van der Waals surface area contributed by atoms with E-state index in [0.717, 1.165) is 71.1 Å². The Balaban J connectivity index is 1.73. The predicted octanol–water partition coefficient (Wildman–Crippen LogP) is 12.5. The standard InChI is InChI=1S/C57H81NO9Si3/c1-15-46-38-39-49(63-54(60)45-34-30-27-31-35-45)57(46,48(16-2)61-40-44-32-28-26-29-33-44)64-55-52(66-69(20-6,21-7)22-8)56(14,67-70(23-9,24-10)25-11)47(41-62-55)58-53(59)50-42(12)36-37-43(13)51(50)65-68(17-3,18-4)19-5/h1-2,26-38,47-49,52,55H,17-25,39-41H2,3-14H3,(H,58,59)/t47-,48+,49+,52+,55+,56-,57-/m0/s1. The molecule has 70 heavy (non-hydrogen) atoms. The largest absolute Gasteiger partial charge is 0.543 e. The van der Waals surface area contributed by atoms with Crippen molar-refractivity contribution >= 4 is 36.8 Å². The first-order valence-corrected chi connectivity index (χ1v) is 33.5. The lowest BCUT2D eigenvalue weighted by Crippen LogP contribution is -2.73. The number of benzene rings is 3. The van der Waals surface area contributed by atoms with Gasteiger partial charge in [0, 0.05) is 12.0 Å². The molecule has 1 aliphatic heterocycles. The van der Waals surface area contributed by atoms with Gasteiger partial charge < -0.3 is 37.5 Å². The molecule has 0 unspecified atom stereocenters. The smallest absolute Gasteiger partial charge is 0.338 e. The number of amides is 1. The summed E-state index contributed by atoms with van der Waals surface area (Å²) in [6.07, 6.45) is 10.7. The summed E-state index contributed by atoms with van der Waals surface area (Å²) in [6.45, 7) is 25.8. The second-order valence-electron chi connectivity index (χ2n) is 19.3. The summed E-state index contributed by atoms with van der Waals surface area (Å²) in [6, 6.07) is 29.5. The van der Waals surface area contributed by atoms with Crippen LogP contribution in [0.15, 0.2) is 84.4 Å². The zero-order valence-electron chi connectivity index (χ0n) is 44.2. The Morgan fingerprint density at radius 1 is 0.771 bits per heavy atom. The van der Waals surface area contributed by atoms with Gasteiger partial charge in [-0.2, -0.15) is 0 Å². The number of rotatable bonds is 25. The number of aryl methyl sites for hydroxylation is 2. The van der Waals surface area contributed by atoms with Crippen molar-refractivity contribution in [3.05, 3.63) is 112 Å². The summed E-state index contributed by atoms with van der Waals surface area (Å²) in [4.78, 5) is 29.4. The van der Waals surface area contributed by atoms with Crippen molar-refractivity contribution in [2.75, 3.05) is 6.61 Å². The monoisotopic (exact) mass is 1010 g/mol. The topological polar surface area (TPSA) is 111 Å². The highest BCUT2D eigenvalue weighted by Crippen LogP contribution is 2.47. The fourth-order valence-corrected chi connectivity index (χ4v) is 19.0. The maximum absolute atomic E-state index is 15.3. The molecule has 3 aromatic rings. The minimum absolute atomic E-state index is 0.0167. The minimum atomic E-state index is -2.59. The molecule has 2 aliphatic rings. The molecule has 1 aliphatic carbocycles. The van der Waals surface area contributed by atoms with Gasteiger partial charge in [-0.05, 0) is 104 Å². The van der Waals surface area contributed by atoms with Crippen molar-refractivity contribution < 1.29 is 41.8 Å². The van der Waals surface area contributed by atoms with E-state index in [9.17, 15) is 4.79 Å². The lowest BCUT2D eigenvalue weighted by molar-refractivity contribution is -0.314. The quantitative estimate of drug-likeness (QED) is 0.0504. The normalized spacial score (nSPS) is 23.1. The molecular formula is C57H81NO9Si3. The Morgan fingerprint density at radius 2 is 1.33 bits per heavy atom. The molecule has 5 rings (SSSR count). The molecule has 7 atom stereocenters. The molecule has 13 heteroatoms. The predicted molar refractivity (Wildman–Crippen MR) is 288 cm³/mol. The first-order valence-electron chi connectivity index (χ1n) is 25.9. The van der Waals surface area contributed by atoms with Gasteiger partial charge >= 0.3 is 5.97 Å². The molecule has 0 aromatic heterocycles. The summed E-state index contributed by atoms with van der Waals surface area (Å²) in [7, 11) is -7.36. The molecule has 0 bridgehead atoms. The molecule has 0 radical (unpaired) electrons. The zero-order valence-corrected chi connectivity index (χ0v) is 47.2. The van der Waals surface area contributed by atoms with Gasteiger partial charge in [0.25, 0.3) is 14.2 Å². The first kappa shape index (κ1) is 56.6. The van der Waals surface area contributed by atoms with Gasteiger partial charge in [0.05, 0.1) is 30.4 Å². The second-order valence-corrected chi connectivity index (χ2v) is 33.4. The molecule has 1 heterocycles. The van der Waals surface area contributed by atoms with Gasteiger partial charge in [-0.15, -0.1) is 12.8 Å². The van der Waals surface area contributed by atoms with E-state index < -0.39 is 72.8 Å². The minimum Gasteiger partial charge on any atom is -0.543 e. The van der Waals surface area contributed by atoms with Gasteiger partial charge in [-0.25, -0.2) is 4.79 Å². The third-order valence-electron chi connectivity index (χ3n) is 15.9. The van der Waals surface area contributed by atoms with E-state index in [4.69, 9.17) is 45.1 Å². The number of ether oxygens (including phenoxy) is 4. The lowest BCUT2D eigenvalue weighted by atomic mass is 9.84. The van der Waals surface area contributed by atoms with Crippen LogP contribution in [0.1, 0.15) is 113 Å². The van der Waals surface area contributed by atoms with Crippen molar-refractivity contribution in [1.82, 2.24) is 5.32 Å². The average Bonchev–Trinajstić information content (AvgIpc) is 3.73. The molecule has 1 N–H and O–H groups in total. The average molecular weight is 1010 g/mol. The molecule has 0 saturated carbocycles. The van der Waals surface area contributed by atoms with E-state index in [-0.39, 0.29) is 25.5 Å². The summed E-state index contributed by atoms with van der Waals surface area (Å²) >= 11 is 0. The fraction of sp³-hybridized carbons (Fsp3) is 0.544. The van der Waals surface area contributed by atoms with Gasteiger partial charge in [0.2, 0.25) is 0 Å². The maximum atomic E-state index is 15.3. The van der Waals surface area contributed by atoms with Crippen LogP contribution in [0.4, 0.5) is 0 Å². The van der Waals surface area contributed by atoms with E-state index in [1.54, 1.807) is 24.3 Å². The van der Waals surface area contributed by atoms with Crippen LogP contribution in [0.5, 0.6) is 5.75 Å². The molecule has 380 valence electrons. The third kappa shape index (κ3) is 11.8. The number of carbonyl (C=O) groups is 2. The van der Waals surface area contributed by atoms with Crippen molar-refractivity contribution in [2.45, 2.75) is 192 Å². The second kappa shape index (κ2) is 24.9. The third-order valence-corrected chi connectivity index (χ3v) is 29.8. The van der Waals surface area contributed by atoms with Crippen LogP contribution in [0, 0.1) is 38.5 Å². The molecule has 0 spiro atoms. The van der Waals surface area contributed by atoms with Crippen LogP contribution in [-0.4, -0.2) is 85.3 Å². The Kier molecular flexibility index (Phi) is 20.1. The molecule has 1 saturated heterocycles. The highest BCUT2D eigenvalue weighted by Gasteiger charge is 2.63. The molecule has 10 nitrogen and oxygen atoms in total. The van der Waals surface area contributed by atoms with Crippen LogP contribution in [0.3, 0.4) is 0 Å². The highest BCUT2D eigenvalue weighted by atomic mass is 28.4. The van der Waals surface area contributed by atoms with Crippen LogP contribution in [0.25, 0.3) is 0 Å². The first-order chi connectivity index (χ1) is 33.6. The summed E-state index contributed by atoms with van der Waals surface area (Å²) in [5.41, 5.74) is 0.872. The molecule has 1 fully saturated rings. The van der Waals surface area contributed by atoms with E-state index >= 15 is 4.79 Å². The van der Waals surface area contributed by atoms with Gasteiger partial charge in [0.15, 0.2) is 34.6 Å². The summed E-state index contributed by atoms with van der Waals surface area (Å²) in [5, 5.41) is 3.49. The van der Waals surface area contributed by atoms with Gasteiger partial charge in [-0.1, -0.05) is 141 Å². The van der Waals surface area contributed by atoms with Crippen molar-refractivity contribution in [3.8, 4) is 30.4 Å². The number of nitrogens with one attached hydrogen (secondary N) is 1. The van der Waals surface area contributed by atoms with E-state index in [1.807, 2.05) is 68.5 Å². The number of carbonyl (C=O) groups excluding carboxylic acids is 2. The number of hydrogen-bond acceptors (Lipinski definition) is 9. The number of esters is 1. The Labute approximate surface area is 423 Å². The highest BCUT2D eigenvalue weighted by molar-refractivity contribution is 6.75. The van der Waals surface area contributed by atoms with Crippen molar-refractivity contribution in [2.24, 2.45) is 0 Å². The Morgan fingerprint density at radius 3 is 1.87 bits per heavy atom. The molecule has 1 amide bonds. The van der Waals surface area contributed by atoms with Crippen molar-refractivity contribution in [3.63, 3.8) is 0 Å². The SMILES string of the molecule is C#CC1=CC[C@@H](OC(=O)c2ccccc2)[C@@]1(O[C@H]1OC[C@H](NC(=O)c2c(C)ccc(C)c2O[Si](CC)(CC)CC)[C@](C)(O[Si](CC)(CC)CC)[C@@H]1O[Si](CC)(CC)CC)[C@@H](C#C)OCc1ccccc1. The lowest BCUT2D eigenvalue weighted by Gasteiger charge is -2.56. The maximum Gasteiger partial charge on any atom is 0.338 e. The number of hydrogen-bond donors (Lipinski definition) is 1. The van der Waals surface area contributed by atoms with Crippen molar-refractivity contribution in [1.29, 1.82) is 0 Å². The van der Waals surface area contributed by atoms with Crippen LogP contribution < -0.4 is 9.74 Å². The van der Waals surface area contributed by atoms with E-state index in [1.165, 1.54) is 0 Å². The summed E-state index contributed by atoms with van der Waals surface area (Å²) in [5.74, 6) is 5.55.